The molecule has 0 aromatic rings. The lowest BCUT2D eigenvalue weighted by molar-refractivity contribution is 0.0976. The molecule has 2 N–H and O–H groups in total. The largest absolute Gasteiger partial charge is 0.384 e. The van der Waals surface area contributed by atoms with Crippen molar-refractivity contribution in [2.45, 2.75) is 52.5 Å². The highest BCUT2D eigenvalue weighted by Crippen LogP contribution is 2.22. The van der Waals surface area contributed by atoms with E-state index in [1.807, 2.05) is 0 Å². The molecule has 1 aliphatic rings. The molecule has 0 spiro atoms. The zero-order valence-electron chi connectivity index (χ0n) is 12.7. The second-order valence-corrected chi connectivity index (χ2v) is 7.05. The molecule has 0 radical (unpaired) electrons. The third-order valence-corrected chi connectivity index (χ3v) is 3.80. The van der Waals surface area contributed by atoms with Gasteiger partial charge in [0.05, 0.1) is 0 Å². The maximum absolute atomic E-state index is 6.21. The van der Waals surface area contributed by atoms with Crippen molar-refractivity contribution >= 4 is 0 Å². The Kier molecular flexibility index (Phi) is 6.61. The topological polar surface area (TPSA) is 38.5 Å². The zero-order valence-corrected chi connectivity index (χ0v) is 12.7. The van der Waals surface area contributed by atoms with Gasteiger partial charge in [-0.3, -0.25) is 0 Å². The summed E-state index contributed by atoms with van der Waals surface area (Å²) in [6.45, 7) is 11.3. The minimum atomic E-state index is 0.349. The van der Waals surface area contributed by atoms with Gasteiger partial charge in [0.15, 0.2) is 0 Å². The van der Waals surface area contributed by atoms with E-state index in [2.05, 4.69) is 25.7 Å². The van der Waals surface area contributed by atoms with Crippen LogP contribution in [0.3, 0.4) is 0 Å². The molecule has 0 saturated carbocycles. The summed E-state index contributed by atoms with van der Waals surface area (Å²) in [5, 5.41) is 0. The Bertz CT molecular complexity index is 217. The second-order valence-electron chi connectivity index (χ2n) is 7.05. The summed E-state index contributed by atoms with van der Waals surface area (Å²) in [6.07, 6.45) is 4.81. The Hall–Kier alpha value is -0.120. The fraction of sp³-hybridized carbons (Fsp3) is 1.00. The number of likely N-dealkylation sites (tertiary alicyclic amines) is 1. The summed E-state index contributed by atoms with van der Waals surface area (Å²) in [5.41, 5.74) is 6.56. The van der Waals surface area contributed by atoms with E-state index < -0.39 is 0 Å². The lowest BCUT2D eigenvalue weighted by atomic mass is 9.87. The molecule has 18 heavy (non-hydrogen) atoms. The Labute approximate surface area is 113 Å². The van der Waals surface area contributed by atoms with Crippen LogP contribution < -0.4 is 5.73 Å². The highest BCUT2D eigenvalue weighted by Gasteiger charge is 2.20. The molecule has 0 bridgehead atoms. The predicted molar refractivity (Wildman–Crippen MR) is 77.7 cm³/mol. The first kappa shape index (κ1) is 15.9. The standard InChI is InChI=1S/C15H32N2O/c1-15(2,3)11-14(16)7-10-17-8-5-13(6-9-17)12-18-4/h13-14H,5-12,16H2,1-4H3. The number of nitrogens with zero attached hydrogens (tertiary/aromatic N) is 1. The summed E-state index contributed by atoms with van der Waals surface area (Å²) >= 11 is 0. The molecular formula is C15H32N2O. The fourth-order valence-electron chi connectivity index (χ4n) is 2.85. The first-order chi connectivity index (χ1) is 8.40. The van der Waals surface area contributed by atoms with Crippen molar-refractivity contribution in [1.82, 2.24) is 4.90 Å². The van der Waals surface area contributed by atoms with Crippen LogP contribution >= 0.6 is 0 Å². The molecule has 3 nitrogen and oxygen atoms in total. The first-order valence-electron chi connectivity index (χ1n) is 7.37. The Balaban J connectivity index is 2.14. The molecule has 1 fully saturated rings. The quantitative estimate of drug-likeness (QED) is 0.793. The maximum atomic E-state index is 6.21. The van der Waals surface area contributed by atoms with E-state index in [0.717, 1.165) is 31.9 Å². The van der Waals surface area contributed by atoms with Crippen LogP contribution in [0.5, 0.6) is 0 Å². The van der Waals surface area contributed by atoms with E-state index in [-0.39, 0.29) is 0 Å². The lowest BCUT2D eigenvalue weighted by Gasteiger charge is -2.32. The van der Waals surface area contributed by atoms with Gasteiger partial charge in [-0.05, 0) is 56.7 Å². The molecule has 0 aromatic carbocycles. The van der Waals surface area contributed by atoms with Crippen LogP contribution in [0.1, 0.15) is 46.5 Å². The summed E-state index contributed by atoms with van der Waals surface area (Å²) in [5.74, 6) is 0.773. The van der Waals surface area contributed by atoms with E-state index >= 15 is 0 Å². The minimum Gasteiger partial charge on any atom is -0.384 e. The SMILES string of the molecule is COCC1CCN(CCC(N)CC(C)(C)C)CC1. The van der Waals surface area contributed by atoms with Gasteiger partial charge >= 0.3 is 0 Å². The van der Waals surface area contributed by atoms with Gasteiger partial charge in [0.25, 0.3) is 0 Å². The highest BCUT2D eigenvalue weighted by molar-refractivity contribution is 4.76. The van der Waals surface area contributed by atoms with Crippen molar-refractivity contribution in [2.24, 2.45) is 17.1 Å². The summed E-state index contributed by atoms with van der Waals surface area (Å²) < 4.78 is 5.23. The average molecular weight is 256 g/mol. The van der Waals surface area contributed by atoms with Crippen molar-refractivity contribution in [3.05, 3.63) is 0 Å². The van der Waals surface area contributed by atoms with Gasteiger partial charge in [-0.1, -0.05) is 20.8 Å². The number of ether oxygens (including phenoxy) is 1. The summed E-state index contributed by atoms with van der Waals surface area (Å²) in [7, 11) is 1.80. The van der Waals surface area contributed by atoms with Gasteiger partial charge in [0.1, 0.15) is 0 Å². The van der Waals surface area contributed by atoms with Crippen LogP contribution in [-0.2, 0) is 4.74 Å². The van der Waals surface area contributed by atoms with Gasteiger partial charge in [-0.15, -0.1) is 0 Å². The van der Waals surface area contributed by atoms with E-state index in [1.54, 1.807) is 7.11 Å². The van der Waals surface area contributed by atoms with E-state index in [0.29, 0.717) is 11.5 Å². The van der Waals surface area contributed by atoms with Crippen molar-refractivity contribution < 1.29 is 4.74 Å². The summed E-state index contributed by atoms with van der Waals surface area (Å²) in [6, 6.07) is 0.349. The number of hydrogen-bond donors (Lipinski definition) is 1. The molecule has 108 valence electrons. The highest BCUT2D eigenvalue weighted by atomic mass is 16.5. The van der Waals surface area contributed by atoms with Crippen molar-refractivity contribution in [2.75, 3.05) is 33.4 Å². The second kappa shape index (κ2) is 7.46. The van der Waals surface area contributed by atoms with Crippen LogP contribution in [-0.4, -0.2) is 44.3 Å². The third kappa shape index (κ3) is 6.72. The van der Waals surface area contributed by atoms with E-state index in [1.165, 1.54) is 25.9 Å². The number of nitrogens with two attached hydrogens (primary N) is 1. The Morgan fingerprint density at radius 3 is 2.39 bits per heavy atom. The van der Waals surface area contributed by atoms with Gasteiger partial charge in [-0.2, -0.15) is 0 Å². The van der Waals surface area contributed by atoms with Gasteiger partial charge < -0.3 is 15.4 Å². The molecule has 1 atom stereocenters. The molecule has 0 amide bonds. The van der Waals surface area contributed by atoms with E-state index in [4.69, 9.17) is 10.5 Å². The smallest absolute Gasteiger partial charge is 0.0491 e. The van der Waals surface area contributed by atoms with Crippen molar-refractivity contribution in [3.8, 4) is 0 Å². The lowest BCUT2D eigenvalue weighted by Crippen LogP contribution is -2.38. The van der Waals surface area contributed by atoms with E-state index in [9.17, 15) is 0 Å². The Morgan fingerprint density at radius 2 is 1.89 bits per heavy atom. The zero-order chi connectivity index (χ0) is 13.6. The number of piperidine rings is 1. The normalized spacial score (nSPS) is 21.2. The van der Waals surface area contributed by atoms with Crippen LogP contribution in [0.2, 0.25) is 0 Å². The average Bonchev–Trinajstić information content (AvgIpc) is 2.26. The van der Waals surface area contributed by atoms with Crippen molar-refractivity contribution in [1.29, 1.82) is 0 Å². The first-order valence-corrected chi connectivity index (χ1v) is 7.37. The van der Waals surface area contributed by atoms with Gasteiger partial charge in [-0.25, -0.2) is 0 Å². The number of hydrogen-bond acceptors (Lipinski definition) is 3. The monoisotopic (exact) mass is 256 g/mol. The van der Waals surface area contributed by atoms with Gasteiger partial charge in [0.2, 0.25) is 0 Å². The van der Waals surface area contributed by atoms with Crippen LogP contribution in [0.15, 0.2) is 0 Å². The molecule has 0 aliphatic carbocycles. The molecule has 3 heteroatoms. The Morgan fingerprint density at radius 1 is 1.28 bits per heavy atom. The van der Waals surface area contributed by atoms with Crippen molar-refractivity contribution in [3.63, 3.8) is 0 Å². The number of rotatable bonds is 6. The van der Waals surface area contributed by atoms with Gasteiger partial charge in [0, 0.05) is 19.8 Å². The molecule has 1 aliphatic heterocycles. The van der Waals surface area contributed by atoms with Crippen LogP contribution in [0, 0.1) is 11.3 Å². The molecule has 1 saturated heterocycles. The predicted octanol–water partition coefficient (Wildman–Crippen LogP) is 2.50. The number of methoxy groups -OCH3 is 1. The minimum absolute atomic E-state index is 0.349. The molecule has 1 heterocycles. The third-order valence-electron chi connectivity index (χ3n) is 3.80. The molecule has 1 unspecified atom stereocenters. The molecule has 1 rings (SSSR count). The van der Waals surface area contributed by atoms with Crippen LogP contribution in [0.4, 0.5) is 0 Å². The molecule has 0 aromatic heterocycles. The van der Waals surface area contributed by atoms with Crippen LogP contribution in [0.25, 0.3) is 0 Å². The summed E-state index contributed by atoms with van der Waals surface area (Å²) in [4.78, 5) is 2.56. The molecular weight excluding hydrogens is 224 g/mol. The maximum Gasteiger partial charge on any atom is 0.0491 e. The fourth-order valence-corrected chi connectivity index (χ4v) is 2.85.